The van der Waals surface area contributed by atoms with Gasteiger partial charge in [-0.15, -0.1) is 0 Å². The lowest BCUT2D eigenvalue weighted by Crippen LogP contribution is -2.10. The molecule has 4 heteroatoms. The van der Waals surface area contributed by atoms with Crippen molar-refractivity contribution >= 4 is 0 Å². The highest BCUT2D eigenvalue weighted by atomic mass is 16.1. The molecule has 0 aliphatic heterocycles. The van der Waals surface area contributed by atoms with Gasteiger partial charge in [0.25, 0.3) is 0 Å². The maximum absolute atomic E-state index is 10.6. The van der Waals surface area contributed by atoms with Crippen LogP contribution in [0.3, 0.4) is 0 Å². The fourth-order valence-corrected chi connectivity index (χ4v) is 0.860. The molecule has 0 aliphatic rings. The van der Waals surface area contributed by atoms with E-state index in [4.69, 9.17) is 0 Å². The number of hydrogen-bond donors (Lipinski definition) is 1. The number of H-pyrrole nitrogens is 1. The van der Waals surface area contributed by atoms with Crippen LogP contribution in [0, 0.1) is 5.92 Å². The first kappa shape index (κ1) is 8.04. The summed E-state index contributed by atoms with van der Waals surface area (Å²) < 4.78 is 1.72. The second-order valence-corrected chi connectivity index (χ2v) is 2.83. The van der Waals surface area contributed by atoms with Gasteiger partial charge in [-0.25, -0.2) is 9.89 Å². The zero-order chi connectivity index (χ0) is 8.27. The van der Waals surface area contributed by atoms with E-state index < -0.39 is 0 Å². The van der Waals surface area contributed by atoms with Crippen LogP contribution in [0.2, 0.25) is 0 Å². The maximum Gasteiger partial charge on any atom is 0.361 e. The summed E-state index contributed by atoms with van der Waals surface area (Å²) in [7, 11) is 0. The summed E-state index contributed by atoms with van der Waals surface area (Å²) in [6, 6.07) is 0. The summed E-state index contributed by atoms with van der Waals surface area (Å²) in [4.78, 5) is 14.1. The van der Waals surface area contributed by atoms with Gasteiger partial charge >= 0.3 is 5.69 Å². The van der Waals surface area contributed by atoms with Crippen LogP contribution in [-0.4, -0.2) is 14.8 Å². The molecular weight excluding hydrogens is 142 g/mol. The van der Waals surface area contributed by atoms with E-state index in [1.165, 1.54) is 6.33 Å². The van der Waals surface area contributed by atoms with Gasteiger partial charge in [0.1, 0.15) is 6.33 Å². The number of nitrogens with zero attached hydrogens (tertiary/aromatic N) is 2. The molecule has 0 saturated heterocycles. The smallest absolute Gasteiger partial charge is 0.273 e. The zero-order valence-corrected chi connectivity index (χ0v) is 6.87. The van der Waals surface area contributed by atoms with Crippen LogP contribution in [0.4, 0.5) is 0 Å². The van der Waals surface area contributed by atoms with Gasteiger partial charge in [-0.2, -0.15) is 4.98 Å². The molecule has 0 amide bonds. The summed E-state index contributed by atoms with van der Waals surface area (Å²) in [5.74, 6) is 0.583. The van der Waals surface area contributed by atoms with Crippen LogP contribution in [0.1, 0.15) is 20.3 Å². The summed E-state index contributed by atoms with van der Waals surface area (Å²) in [5, 5.41) is 2.59. The highest BCUT2D eigenvalue weighted by Crippen LogP contribution is 2.01. The van der Waals surface area contributed by atoms with Gasteiger partial charge in [-0.1, -0.05) is 20.3 Å². The minimum atomic E-state index is -0.270. The number of rotatable bonds is 3. The fraction of sp³-hybridized carbons (Fsp3) is 0.714. The molecule has 0 spiro atoms. The summed E-state index contributed by atoms with van der Waals surface area (Å²) in [6.07, 6.45) is 2.65. The molecule has 0 saturated carbocycles. The summed E-state index contributed by atoms with van der Waals surface area (Å²) in [5.41, 5.74) is -0.270. The van der Waals surface area contributed by atoms with Crippen molar-refractivity contribution in [1.29, 1.82) is 0 Å². The number of nitrogens with one attached hydrogen (secondary N) is 1. The predicted octanol–water partition coefficient (Wildman–Crippen LogP) is 0.617. The Morgan fingerprint density at radius 3 is 3.00 bits per heavy atom. The maximum atomic E-state index is 10.6. The molecule has 0 radical (unpaired) electrons. The van der Waals surface area contributed by atoms with Gasteiger partial charge in [0.05, 0.1) is 0 Å². The van der Waals surface area contributed by atoms with E-state index >= 15 is 0 Å². The van der Waals surface area contributed by atoms with Crippen molar-refractivity contribution < 1.29 is 0 Å². The molecule has 1 aromatic heterocycles. The van der Waals surface area contributed by atoms with Crippen molar-refractivity contribution in [3.05, 3.63) is 16.8 Å². The average Bonchev–Trinajstić information content (AvgIpc) is 2.35. The van der Waals surface area contributed by atoms with E-state index in [9.17, 15) is 4.79 Å². The van der Waals surface area contributed by atoms with Crippen molar-refractivity contribution in [3.8, 4) is 0 Å². The molecule has 1 N–H and O–H groups in total. The van der Waals surface area contributed by atoms with Gasteiger partial charge < -0.3 is 0 Å². The highest BCUT2D eigenvalue weighted by Gasteiger charge is 1.99. The highest BCUT2D eigenvalue weighted by molar-refractivity contribution is 4.60. The normalized spacial score (nSPS) is 13.3. The quantitative estimate of drug-likeness (QED) is 0.695. The third-order valence-corrected chi connectivity index (χ3v) is 1.76. The van der Waals surface area contributed by atoms with Crippen LogP contribution in [-0.2, 0) is 6.54 Å². The summed E-state index contributed by atoms with van der Waals surface area (Å²) in [6.45, 7) is 5.10. The Bertz CT molecular complexity index is 263. The van der Waals surface area contributed by atoms with Crippen LogP contribution in [0.15, 0.2) is 11.1 Å². The van der Waals surface area contributed by atoms with Gasteiger partial charge in [0.15, 0.2) is 0 Å². The number of aromatic amines is 1. The average molecular weight is 155 g/mol. The van der Waals surface area contributed by atoms with Crippen molar-refractivity contribution in [2.75, 3.05) is 0 Å². The number of aromatic nitrogens is 3. The van der Waals surface area contributed by atoms with Gasteiger partial charge in [0.2, 0.25) is 0 Å². The van der Waals surface area contributed by atoms with E-state index in [0.29, 0.717) is 5.92 Å². The Morgan fingerprint density at radius 2 is 2.55 bits per heavy atom. The minimum absolute atomic E-state index is 0.270. The predicted molar refractivity (Wildman–Crippen MR) is 42.3 cm³/mol. The Kier molecular flexibility index (Phi) is 2.46. The number of hydrogen-bond acceptors (Lipinski definition) is 2. The minimum Gasteiger partial charge on any atom is -0.273 e. The third kappa shape index (κ3) is 2.22. The third-order valence-electron chi connectivity index (χ3n) is 1.76. The molecule has 4 nitrogen and oxygen atoms in total. The lowest BCUT2D eigenvalue weighted by Gasteiger charge is -2.06. The van der Waals surface area contributed by atoms with Gasteiger partial charge in [-0.3, -0.25) is 4.68 Å². The molecular formula is C7H13N3O. The molecule has 62 valence electrons. The molecule has 1 atom stereocenters. The van der Waals surface area contributed by atoms with E-state index in [-0.39, 0.29) is 5.69 Å². The van der Waals surface area contributed by atoms with Crippen LogP contribution in [0.5, 0.6) is 0 Å². The first-order chi connectivity index (χ1) is 5.22. The first-order valence-electron chi connectivity index (χ1n) is 3.83. The van der Waals surface area contributed by atoms with Crippen molar-refractivity contribution in [1.82, 2.24) is 14.8 Å². The van der Waals surface area contributed by atoms with Gasteiger partial charge in [-0.05, 0) is 5.92 Å². The summed E-state index contributed by atoms with van der Waals surface area (Å²) >= 11 is 0. The van der Waals surface area contributed by atoms with Crippen molar-refractivity contribution in [3.63, 3.8) is 0 Å². The molecule has 0 fully saturated rings. The molecule has 1 aromatic rings. The molecule has 0 bridgehead atoms. The molecule has 1 unspecified atom stereocenters. The Hall–Kier alpha value is -1.06. The molecule has 1 rings (SSSR count). The zero-order valence-electron chi connectivity index (χ0n) is 6.87. The van der Waals surface area contributed by atoms with Crippen LogP contribution in [0.25, 0.3) is 0 Å². The van der Waals surface area contributed by atoms with E-state index in [2.05, 4.69) is 23.9 Å². The van der Waals surface area contributed by atoms with E-state index in [0.717, 1.165) is 13.0 Å². The lowest BCUT2D eigenvalue weighted by atomic mass is 10.1. The monoisotopic (exact) mass is 155 g/mol. The SMILES string of the molecule is CCC(C)Cn1cnc(=O)[nH]1. The van der Waals surface area contributed by atoms with Crippen molar-refractivity contribution in [2.24, 2.45) is 5.92 Å². The Balaban J connectivity index is 2.57. The standard InChI is InChI=1S/C7H13N3O/c1-3-6(2)4-10-5-8-7(11)9-10/h5-6H,3-4H2,1-2H3,(H,9,11). The van der Waals surface area contributed by atoms with Crippen LogP contribution >= 0.6 is 0 Å². The second kappa shape index (κ2) is 3.37. The molecule has 11 heavy (non-hydrogen) atoms. The second-order valence-electron chi connectivity index (χ2n) is 2.83. The van der Waals surface area contributed by atoms with Crippen molar-refractivity contribution in [2.45, 2.75) is 26.8 Å². The van der Waals surface area contributed by atoms with E-state index in [1.54, 1.807) is 4.68 Å². The van der Waals surface area contributed by atoms with Gasteiger partial charge in [0, 0.05) is 6.54 Å². The molecule has 0 aliphatic carbocycles. The molecule has 1 heterocycles. The lowest BCUT2D eigenvalue weighted by molar-refractivity contribution is 0.437. The topological polar surface area (TPSA) is 50.7 Å². The largest absolute Gasteiger partial charge is 0.361 e. The molecule has 0 aromatic carbocycles. The first-order valence-corrected chi connectivity index (χ1v) is 3.83. The van der Waals surface area contributed by atoms with Crippen LogP contribution < -0.4 is 5.69 Å². The Morgan fingerprint density at radius 1 is 1.82 bits per heavy atom. The Labute approximate surface area is 65.2 Å². The van der Waals surface area contributed by atoms with E-state index in [1.807, 2.05) is 0 Å². The fourth-order valence-electron chi connectivity index (χ4n) is 0.860.